The van der Waals surface area contributed by atoms with Gasteiger partial charge in [0.15, 0.2) is 6.29 Å². The lowest BCUT2D eigenvalue weighted by atomic mass is 10.1. The van der Waals surface area contributed by atoms with Crippen molar-refractivity contribution in [3.8, 4) is 0 Å². The number of methoxy groups -OCH3 is 2. The molecular formula is C11H16N2O4. The van der Waals surface area contributed by atoms with Crippen molar-refractivity contribution in [3.05, 3.63) is 33.9 Å². The van der Waals surface area contributed by atoms with Gasteiger partial charge in [-0.3, -0.25) is 10.1 Å². The number of rotatable bonds is 6. The quantitative estimate of drug-likeness (QED) is 0.467. The maximum atomic E-state index is 10.8. The number of anilines is 1. The molecule has 0 aromatic heterocycles. The topological polar surface area (TPSA) is 73.6 Å². The summed E-state index contributed by atoms with van der Waals surface area (Å²) in [7, 11) is 3.08. The van der Waals surface area contributed by atoms with Crippen LogP contribution in [0.1, 0.15) is 5.56 Å². The number of ether oxygens (including phenoxy) is 2. The second-order valence-electron chi connectivity index (χ2n) is 3.49. The van der Waals surface area contributed by atoms with Gasteiger partial charge in [0.2, 0.25) is 0 Å². The summed E-state index contributed by atoms with van der Waals surface area (Å²) in [4.78, 5) is 10.4. The van der Waals surface area contributed by atoms with Crippen molar-refractivity contribution in [3.63, 3.8) is 0 Å². The number of nitrogens with zero attached hydrogens (tertiary/aromatic N) is 1. The standard InChI is InChI=1S/C11H16N2O4/c1-8-9(12-7-11(16-2)17-3)5-4-6-10(8)13(14)15/h4-6,11-12H,7H2,1-3H3. The van der Waals surface area contributed by atoms with Gasteiger partial charge in [-0.2, -0.15) is 0 Å². The van der Waals surface area contributed by atoms with Crippen LogP contribution in [0.5, 0.6) is 0 Å². The monoisotopic (exact) mass is 240 g/mol. The van der Waals surface area contributed by atoms with Crippen LogP contribution in [-0.2, 0) is 9.47 Å². The molecule has 17 heavy (non-hydrogen) atoms. The van der Waals surface area contributed by atoms with E-state index < -0.39 is 4.92 Å². The predicted octanol–water partition coefficient (Wildman–Crippen LogP) is 1.93. The summed E-state index contributed by atoms with van der Waals surface area (Å²) < 4.78 is 10.0. The molecule has 0 saturated heterocycles. The van der Waals surface area contributed by atoms with Crippen LogP contribution in [0.25, 0.3) is 0 Å². The van der Waals surface area contributed by atoms with Gasteiger partial charge < -0.3 is 14.8 Å². The molecule has 0 aliphatic heterocycles. The molecule has 1 aromatic carbocycles. The van der Waals surface area contributed by atoms with Gasteiger partial charge in [0, 0.05) is 31.5 Å². The molecule has 0 heterocycles. The lowest BCUT2D eigenvalue weighted by Crippen LogP contribution is -2.23. The lowest BCUT2D eigenvalue weighted by molar-refractivity contribution is -0.385. The zero-order valence-corrected chi connectivity index (χ0v) is 10.1. The Bertz CT molecular complexity index is 391. The summed E-state index contributed by atoms with van der Waals surface area (Å²) in [6, 6.07) is 4.90. The smallest absolute Gasteiger partial charge is 0.274 e. The van der Waals surface area contributed by atoms with Crippen LogP contribution in [0.2, 0.25) is 0 Å². The lowest BCUT2D eigenvalue weighted by Gasteiger charge is -2.16. The van der Waals surface area contributed by atoms with E-state index in [4.69, 9.17) is 9.47 Å². The molecule has 0 amide bonds. The zero-order valence-electron chi connectivity index (χ0n) is 10.1. The van der Waals surface area contributed by atoms with Crippen LogP contribution >= 0.6 is 0 Å². The summed E-state index contributed by atoms with van der Waals surface area (Å²) in [5.41, 5.74) is 1.41. The molecule has 0 spiro atoms. The third kappa shape index (κ3) is 3.40. The number of benzene rings is 1. The Balaban J connectivity index is 2.78. The SMILES string of the molecule is COC(CNc1cccc([N+](=O)[O-])c1C)OC. The number of nitro benzene ring substituents is 1. The fraction of sp³-hybridized carbons (Fsp3) is 0.455. The minimum Gasteiger partial charge on any atom is -0.380 e. The Morgan fingerprint density at radius 2 is 2.06 bits per heavy atom. The second kappa shape index (κ2) is 6.17. The Kier molecular flexibility index (Phi) is 4.86. The third-order valence-corrected chi connectivity index (χ3v) is 2.49. The fourth-order valence-electron chi connectivity index (χ4n) is 1.47. The maximum Gasteiger partial charge on any atom is 0.274 e. The minimum absolute atomic E-state index is 0.0985. The zero-order chi connectivity index (χ0) is 12.8. The van der Waals surface area contributed by atoms with Gasteiger partial charge in [0.25, 0.3) is 5.69 Å². The Morgan fingerprint density at radius 1 is 1.41 bits per heavy atom. The van der Waals surface area contributed by atoms with Crippen LogP contribution in [0.3, 0.4) is 0 Å². The number of nitro groups is 1. The van der Waals surface area contributed by atoms with Gasteiger partial charge in [-0.05, 0) is 13.0 Å². The molecule has 0 saturated carbocycles. The van der Waals surface area contributed by atoms with Crippen molar-refractivity contribution < 1.29 is 14.4 Å². The van der Waals surface area contributed by atoms with Crippen LogP contribution in [0, 0.1) is 17.0 Å². The normalized spacial score (nSPS) is 10.6. The molecule has 0 aliphatic rings. The van der Waals surface area contributed by atoms with Crippen molar-refractivity contribution in [2.45, 2.75) is 13.2 Å². The summed E-state index contributed by atoms with van der Waals surface area (Å²) in [5, 5.41) is 13.8. The van der Waals surface area contributed by atoms with Gasteiger partial charge in [-0.1, -0.05) is 6.07 Å². The van der Waals surface area contributed by atoms with Gasteiger partial charge in [0.1, 0.15) is 0 Å². The first-order chi connectivity index (χ1) is 8.10. The number of hydrogen-bond donors (Lipinski definition) is 1. The molecular weight excluding hydrogens is 224 g/mol. The third-order valence-electron chi connectivity index (χ3n) is 2.49. The van der Waals surface area contributed by atoms with E-state index in [1.165, 1.54) is 20.3 Å². The first-order valence-electron chi connectivity index (χ1n) is 5.13. The van der Waals surface area contributed by atoms with E-state index in [2.05, 4.69) is 5.32 Å². The fourth-order valence-corrected chi connectivity index (χ4v) is 1.47. The average Bonchev–Trinajstić information content (AvgIpc) is 2.32. The molecule has 0 bridgehead atoms. The summed E-state index contributed by atoms with van der Waals surface area (Å²) in [6.45, 7) is 2.13. The summed E-state index contributed by atoms with van der Waals surface area (Å²) >= 11 is 0. The van der Waals surface area contributed by atoms with Crippen molar-refractivity contribution in [1.29, 1.82) is 0 Å². The van der Waals surface area contributed by atoms with E-state index in [1.54, 1.807) is 19.1 Å². The van der Waals surface area contributed by atoms with Crippen molar-refractivity contribution in [2.24, 2.45) is 0 Å². The minimum atomic E-state index is -0.398. The van der Waals surface area contributed by atoms with Gasteiger partial charge in [-0.25, -0.2) is 0 Å². The Labute approximate surface area is 99.7 Å². The van der Waals surface area contributed by atoms with E-state index in [0.29, 0.717) is 17.8 Å². The molecule has 0 unspecified atom stereocenters. The van der Waals surface area contributed by atoms with Gasteiger partial charge in [0.05, 0.1) is 11.5 Å². The van der Waals surface area contributed by atoms with E-state index in [1.807, 2.05) is 0 Å². The molecule has 1 rings (SSSR count). The molecule has 6 nitrogen and oxygen atoms in total. The predicted molar refractivity (Wildman–Crippen MR) is 64.1 cm³/mol. The number of hydrogen-bond acceptors (Lipinski definition) is 5. The van der Waals surface area contributed by atoms with E-state index in [9.17, 15) is 10.1 Å². The van der Waals surface area contributed by atoms with Crippen LogP contribution in [0.15, 0.2) is 18.2 Å². The van der Waals surface area contributed by atoms with E-state index >= 15 is 0 Å². The van der Waals surface area contributed by atoms with Crippen molar-refractivity contribution >= 4 is 11.4 Å². The number of nitrogens with one attached hydrogen (secondary N) is 1. The molecule has 1 N–H and O–H groups in total. The summed E-state index contributed by atoms with van der Waals surface area (Å²) in [6.07, 6.45) is -0.381. The molecule has 0 radical (unpaired) electrons. The van der Waals surface area contributed by atoms with Crippen LogP contribution in [-0.4, -0.2) is 32.0 Å². The Morgan fingerprint density at radius 3 is 2.59 bits per heavy atom. The van der Waals surface area contributed by atoms with Crippen molar-refractivity contribution in [1.82, 2.24) is 0 Å². The average molecular weight is 240 g/mol. The molecule has 0 aliphatic carbocycles. The molecule has 0 fully saturated rings. The highest BCUT2D eigenvalue weighted by Gasteiger charge is 2.13. The largest absolute Gasteiger partial charge is 0.380 e. The van der Waals surface area contributed by atoms with E-state index in [-0.39, 0.29) is 12.0 Å². The van der Waals surface area contributed by atoms with Crippen molar-refractivity contribution in [2.75, 3.05) is 26.1 Å². The van der Waals surface area contributed by atoms with Crippen LogP contribution in [0.4, 0.5) is 11.4 Å². The first kappa shape index (κ1) is 13.4. The molecule has 0 atom stereocenters. The van der Waals surface area contributed by atoms with E-state index in [0.717, 1.165) is 0 Å². The van der Waals surface area contributed by atoms with Gasteiger partial charge in [-0.15, -0.1) is 0 Å². The first-order valence-corrected chi connectivity index (χ1v) is 5.13. The highest BCUT2D eigenvalue weighted by molar-refractivity contribution is 5.59. The Hall–Kier alpha value is -1.66. The van der Waals surface area contributed by atoms with Gasteiger partial charge >= 0.3 is 0 Å². The molecule has 94 valence electrons. The second-order valence-corrected chi connectivity index (χ2v) is 3.49. The summed E-state index contributed by atoms with van der Waals surface area (Å²) in [5.74, 6) is 0. The highest BCUT2D eigenvalue weighted by Crippen LogP contribution is 2.24. The molecule has 6 heteroatoms. The maximum absolute atomic E-state index is 10.8. The highest BCUT2D eigenvalue weighted by atomic mass is 16.7. The van der Waals surface area contributed by atoms with Crippen LogP contribution < -0.4 is 5.32 Å². The molecule has 1 aromatic rings.